The van der Waals surface area contributed by atoms with Crippen LogP contribution >= 0.6 is 0 Å². The minimum absolute atomic E-state index is 0.328. The van der Waals surface area contributed by atoms with Gasteiger partial charge in [-0.1, -0.05) is 12.1 Å². The third kappa shape index (κ3) is 1.91. The first kappa shape index (κ1) is 11.0. The largest absolute Gasteiger partial charge is 0.342 e. The van der Waals surface area contributed by atoms with Crippen LogP contribution in [0, 0.1) is 5.92 Å². The average molecular weight is 255 g/mol. The molecule has 1 aliphatic carbocycles. The minimum atomic E-state index is 0.328. The van der Waals surface area contributed by atoms with E-state index < -0.39 is 0 Å². The number of likely N-dealkylation sites (tertiary alicyclic amines) is 1. The maximum absolute atomic E-state index is 12.1. The third-order valence-electron chi connectivity index (χ3n) is 4.22. The molecule has 2 aromatic rings. The lowest BCUT2D eigenvalue weighted by Gasteiger charge is -2.15. The number of nitrogens with zero attached hydrogens (tertiary/aromatic N) is 2. The number of hydrogen-bond acceptors (Lipinski definition) is 2. The number of para-hydroxylation sites is 2. The van der Waals surface area contributed by atoms with E-state index in [1.807, 2.05) is 29.2 Å². The summed E-state index contributed by atoms with van der Waals surface area (Å²) >= 11 is 0. The quantitative estimate of drug-likeness (QED) is 0.895. The van der Waals surface area contributed by atoms with Crippen molar-refractivity contribution in [1.29, 1.82) is 0 Å². The van der Waals surface area contributed by atoms with Crippen LogP contribution in [0.1, 0.15) is 31.0 Å². The van der Waals surface area contributed by atoms with E-state index in [0.29, 0.717) is 17.7 Å². The Morgan fingerprint density at radius 2 is 2.11 bits per heavy atom. The Bertz CT molecular complexity index is 596. The summed E-state index contributed by atoms with van der Waals surface area (Å²) in [4.78, 5) is 22.1. The number of aromatic nitrogens is 2. The van der Waals surface area contributed by atoms with Gasteiger partial charge in [-0.25, -0.2) is 4.98 Å². The van der Waals surface area contributed by atoms with Crippen molar-refractivity contribution >= 4 is 16.9 Å². The summed E-state index contributed by atoms with van der Waals surface area (Å²) in [6.07, 6.45) is 3.20. The van der Waals surface area contributed by atoms with Gasteiger partial charge in [0.05, 0.1) is 11.0 Å². The van der Waals surface area contributed by atoms with Gasteiger partial charge in [-0.3, -0.25) is 4.79 Å². The molecule has 1 saturated heterocycles. The van der Waals surface area contributed by atoms with E-state index in [1.54, 1.807) is 0 Å². The van der Waals surface area contributed by atoms with Crippen LogP contribution in [0.4, 0.5) is 0 Å². The number of carbonyl (C=O) groups excluding carboxylic acids is 1. The first-order chi connectivity index (χ1) is 9.31. The van der Waals surface area contributed by atoms with Gasteiger partial charge in [0.1, 0.15) is 5.82 Å². The lowest BCUT2D eigenvalue weighted by Crippen LogP contribution is -2.29. The summed E-state index contributed by atoms with van der Waals surface area (Å²) in [7, 11) is 0. The fraction of sp³-hybridized carbons (Fsp3) is 0.467. The highest BCUT2D eigenvalue weighted by Gasteiger charge is 2.37. The number of rotatable bonds is 2. The lowest BCUT2D eigenvalue weighted by atomic mass is 10.1. The molecule has 1 N–H and O–H groups in total. The average Bonchev–Trinajstić information content (AvgIpc) is 3.01. The van der Waals surface area contributed by atoms with Gasteiger partial charge in [-0.05, 0) is 31.4 Å². The summed E-state index contributed by atoms with van der Waals surface area (Å²) in [5, 5.41) is 0. The molecule has 98 valence electrons. The lowest BCUT2D eigenvalue weighted by molar-refractivity contribution is -0.131. The Morgan fingerprint density at radius 3 is 2.89 bits per heavy atom. The Balaban J connectivity index is 1.55. The Labute approximate surface area is 111 Å². The molecule has 1 aromatic carbocycles. The van der Waals surface area contributed by atoms with Crippen LogP contribution in [-0.4, -0.2) is 33.9 Å². The highest BCUT2D eigenvalue weighted by molar-refractivity contribution is 5.81. The van der Waals surface area contributed by atoms with E-state index in [4.69, 9.17) is 0 Å². The summed E-state index contributed by atoms with van der Waals surface area (Å²) < 4.78 is 0. The molecule has 1 atom stereocenters. The van der Waals surface area contributed by atoms with E-state index in [2.05, 4.69) is 9.97 Å². The summed E-state index contributed by atoms with van der Waals surface area (Å²) in [5.74, 6) is 2.09. The number of benzene rings is 1. The number of amides is 1. The smallest absolute Gasteiger partial charge is 0.225 e. The highest BCUT2D eigenvalue weighted by atomic mass is 16.2. The molecule has 4 heteroatoms. The van der Waals surface area contributed by atoms with Crippen molar-refractivity contribution in [2.24, 2.45) is 5.92 Å². The van der Waals surface area contributed by atoms with Crippen molar-refractivity contribution in [3.63, 3.8) is 0 Å². The van der Waals surface area contributed by atoms with Crippen LogP contribution in [-0.2, 0) is 4.79 Å². The summed E-state index contributed by atoms with van der Waals surface area (Å²) in [5.41, 5.74) is 2.11. The Kier molecular flexibility index (Phi) is 2.37. The predicted octanol–water partition coefficient (Wildman–Crippen LogP) is 2.29. The van der Waals surface area contributed by atoms with E-state index in [0.717, 1.165) is 49.2 Å². The first-order valence-corrected chi connectivity index (χ1v) is 7.05. The molecule has 4 nitrogen and oxygen atoms in total. The topological polar surface area (TPSA) is 49.0 Å². The van der Waals surface area contributed by atoms with Crippen LogP contribution in [0.5, 0.6) is 0 Å². The molecule has 2 heterocycles. The molecule has 1 saturated carbocycles. The van der Waals surface area contributed by atoms with Gasteiger partial charge in [0.2, 0.25) is 5.91 Å². The van der Waals surface area contributed by atoms with Crippen molar-refractivity contribution in [3.8, 4) is 0 Å². The number of nitrogens with one attached hydrogen (secondary N) is 1. The number of H-pyrrole nitrogens is 1. The first-order valence-electron chi connectivity index (χ1n) is 7.05. The van der Waals surface area contributed by atoms with Gasteiger partial charge in [0.25, 0.3) is 0 Å². The molecular weight excluding hydrogens is 238 g/mol. The van der Waals surface area contributed by atoms with Crippen molar-refractivity contribution in [2.75, 3.05) is 13.1 Å². The molecule has 0 unspecified atom stereocenters. The van der Waals surface area contributed by atoms with Gasteiger partial charge in [-0.2, -0.15) is 0 Å². The van der Waals surface area contributed by atoms with Crippen molar-refractivity contribution in [1.82, 2.24) is 14.9 Å². The molecule has 2 aliphatic rings. The zero-order valence-electron chi connectivity index (χ0n) is 10.8. The molecule has 19 heavy (non-hydrogen) atoms. The van der Waals surface area contributed by atoms with Crippen molar-refractivity contribution < 1.29 is 4.79 Å². The summed E-state index contributed by atoms with van der Waals surface area (Å²) in [6.45, 7) is 1.71. The molecule has 1 amide bonds. The normalized spacial score (nSPS) is 23.2. The van der Waals surface area contributed by atoms with E-state index in [-0.39, 0.29) is 0 Å². The van der Waals surface area contributed by atoms with Gasteiger partial charge in [0, 0.05) is 24.9 Å². The number of fused-ring (bicyclic) bond motifs is 1. The standard InChI is InChI=1S/C15H17N3O/c19-15(10-5-6-10)18-8-7-11(9-18)14-16-12-3-1-2-4-13(12)17-14/h1-4,10-11H,5-9H2,(H,16,17)/t11-/m0/s1. The van der Waals surface area contributed by atoms with Crippen LogP contribution in [0.3, 0.4) is 0 Å². The molecule has 1 aromatic heterocycles. The van der Waals surface area contributed by atoms with Crippen LogP contribution in [0.15, 0.2) is 24.3 Å². The second-order valence-corrected chi connectivity index (χ2v) is 5.68. The second kappa shape index (κ2) is 4.08. The fourth-order valence-corrected chi connectivity index (χ4v) is 2.94. The second-order valence-electron chi connectivity index (χ2n) is 5.68. The molecule has 0 radical (unpaired) electrons. The maximum Gasteiger partial charge on any atom is 0.225 e. The molecule has 2 fully saturated rings. The van der Waals surface area contributed by atoms with E-state index in [9.17, 15) is 4.79 Å². The SMILES string of the molecule is O=C(C1CC1)N1CC[C@H](c2nc3ccccc3[nH]2)C1. The Hall–Kier alpha value is -1.84. The molecule has 0 bridgehead atoms. The van der Waals surface area contributed by atoms with Crippen molar-refractivity contribution in [3.05, 3.63) is 30.1 Å². The van der Waals surface area contributed by atoms with Crippen LogP contribution < -0.4 is 0 Å². The Morgan fingerprint density at radius 1 is 1.26 bits per heavy atom. The number of hydrogen-bond donors (Lipinski definition) is 1. The van der Waals surface area contributed by atoms with Gasteiger partial charge < -0.3 is 9.88 Å². The number of imidazole rings is 1. The summed E-state index contributed by atoms with van der Waals surface area (Å²) in [6, 6.07) is 8.09. The van der Waals surface area contributed by atoms with Gasteiger partial charge in [0.15, 0.2) is 0 Å². The molecule has 0 spiro atoms. The highest BCUT2D eigenvalue weighted by Crippen LogP contribution is 2.34. The zero-order chi connectivity index (χ0) is 12.8. The molecule has 4 rings (SSSR count). The van der Waals surface area contributed by atoms with Crippen LogP contribution in [0.2, 0.25) is 0 Å². The zero-order valence-corrected chi connectivity index (χ0v) is 10.8. The van der Waals surface area contributed by atoms with Crippen molar-refractivity contribution in [2.45, 2.75) is 25.2 Å². The number of carbonyl (C=O) groups is 1. The van der Waals surface area contributed by atoms with Crippen LogP contribution in [0.25, 0.3) is 11.0 Å². The predicted molar refractivity (Wildman–Crippen MR) is 72.8 cm³/mol. The molecule has 1 aliphatic heterocycles. The minimum Gasteiger partial charge on any atom is -0.342 e. The molecular formula is C15H17N3O. The monoisotopic (exact) mass is 255 g/mol. The van der Waals surface area contributed by atoms with Gasteiger partial charge >= 0.3 is 0 Å². The van der Waals surface area contributed by atoms with E-state index >= 15 is 0 Å². The van der Waals surface area contributed by atoms with E-state index in [1.165, 1.54) is 0 Å². The fourth-order valence-electron chi connectivity index (χ4n) is 2.94. The van der Waals surface area contributed by atoms with Gasteiger partial charge in [-0.15, -0.1) is 0 Å². The maximum atomic E-state index is 12.1. The number of aromatic amines is 1. The third-order valence-corrected chi connectivity index (χ3v) is 4.22.